The first-order valence-electron chi connectivity index (χ1n) is 9.63. The molecule has 0 radical (unpaired) electrons. The molecule has 1 aliphatic heterocycles. The molecular weight excluding hydrogens is 396 g/mol. The molecule has 1 amide bonds. The van der Waals surface area contributed by atoms with E-state index >= 15 is 0 Å². The number of nitrogens with one attached hydrogen (secondary N) is 2. The van der Waals surface area contributed by atoms with Gasteiger partial charge in [-0.25, -0.2) is 4.98 Å². The lowest BCUT2D eigenvalue weighted by Crippen LogP contribution is -2.38. The van der Waals surface area contributed by atoms with Crippen LogP contribution in [0.25, 0.3) is 0 Å². The maximum absolute atomic E-state index is 12.5. The Morgan fingerprint density at radius 2 is 2.14 bits per heavy atom. The summed E-state index contributed by atoms with van der Waals surface area (Å²) in [7, 11) is 0. The number of hydrogen-bond acceptors (Lipinski definition) is 6. The first-order valence-corrected chi connectivity index (χ1v) is 10.0. The van der Waals surface area contributed by atoms with Crippen molar-refractivity contribution in [2.75, 3.05) is 43.1 Å². The van der Waals surface area contributed by atoms with Gasteiger partial charge in [-0.2, -0.15) is 0 Å². The summed E-state index contributed by atoms with van der Waals surface area (Å²) in [6, 6.07) is 5.17. The first kappa shape index (κ1) is 21.1. The molecule has 0 unspecified atom stereocenters. The molecule has 2 N–H and O–H groups in total. The summed E-state index contributed by atoms with van der Waals surface area (Å²) in [6.45, 7) is 6.66. The van der Waals surface area contributed by atoms with Gasteiger partial charge in [-0.3, -0.25) is 14.6 Å². The average Bonchev–Trinajstić information content (AvgIpc) is 2.70. The zero-order chi connectivity index (χ0) is 20.8. The molecule has 0 aliphatic carbocycles. The number of rotatable bonds is 7. The lowest BCUT2D eigenvalue weighted by atomic mass is 10.1. The minimum atomic E-state index is -0.232. The number of amides is 1. The van der Waals surface area contributed by atoms with E-state index in [0.717, 1.165) is 0 Å². The van der Waals surface area contributed by atoms with Gasteiger partial charge in [-0.1, -0.05) is 17.7 Å². The van der Waals surface area contributed by atoms with E-state index in [1.165, 1.54) is 0 Å². The summed E-state index contributed by atoms with van der Waals surface area (Å²) < 4.78 is 10.8. The summed E-state index contributed by atoms with van der Waals surface area (Å²) in [5, 5.41) is 3.24. The van der Waals surface area contributed by atoms with Crippen LogP contribution in [0.3, 0.4) is 0 Å². The number of aromatic amines is 1. The highest BCUT2D eigenvalue weighted by Gasteiger charge is 2.17. The second-order valence-electron chi connectivity index (χ2n) is 6.65. The van der Waals surface area contributed by atoms with Crippen molar-refractivity contribution in [3.05, 3.63) is 44.8 Å². The molecule has 156 valence electrons. The van der Waals surface area contributed by atoms with E-state index < -0.39 is 0 Å². The molecule has 1 fully saturated rings. The minimum Gasteiger partial charge on any atom is -0.490 e. The number of H-pyrrole nitrogens is 1. The summed E-state index contributed by atoms with van der Waals surface area (Å²) >= 11 is 6.14. The molecule has 1 saturated heterocycles. The van der Waals surface area contributed by atoms with Gasteiger partial charge in [0.05, 0.1) is 30.5 Å². The highest BCUT2D eigenvalue weighted by atomic mass is 35.5. The van der Waals surface area contributed by atoms with Gasteiger partial charge < -0.3 is 19.7 Å². The Bertz CT molecular complexity index is 925. The van der Waals surface area contributed by atoms with Crippen LogP contribution in [-0.4, -0.2) is 48.8 Å². The number of morpholine rings is 1. The van der Waals surface area contributed by atoms with Crippen LogP contribution < -0.4 is 20.5 Å². The Balaban J connectivity index is 1.66. The van der Waals surface area contributed by atoms with Gasteiger partial charge in [-0.05, 0) is 32.4 Å². The van der Waals surface area contributed by atoms with Crippen molar-refractivity contribution in [1.82, 2.24) is 9.97 Å². The molecule has 1 aliphatic rings. The number of carbonyl (C=O) groups is 1. The number of aromatic nitrogens is 2. The molecule has 9 heteroatoms. The predicted octanol–water partition coefficient (Wildman–Crippen LogP) is 2.54. The Kier molecular flexibility index (Phi) is 7.11. The zero-order valence-corrected chi connectivity index (χ0v) is 17.3. The van der Waals surface area contributed by atoms with Crippen molar-refractivity contribution in [2.24, 2.45) is 0 Å². The van der Waals surface area contributed by atoms with E-state index in [1.807, 2.05) is 11.8 Å². The van der Waals surface area contributed by atoms with Crippen LogP contribution in [0, 0.1) is 6.92 Å². The van der Waals surface area contributed by atoms with Gasteiger partial charge in [0.15, 0.2) is 5.75 Å². The number of nitrogens with zero attached hydrogens (tertiary/aromatic N) is 2. The Morgan fingerprint density at radius 3 is 2.83 bits per heavy atom. The smallest absolute Gasteiger partial charge is 0.255 e. The number of para-hydroxylation sites is 1. The van der Waals surface area contributed by atoms with E-state index in [9.17, 15) is 9.59 Å². The van der Waals surface area contributed by atoms with Crippen LogP contribution in [0.5, 0.6) is 5.75 Å². The number of halogens is 1. The molecule has 3 rings (SSSR count). The summed E-state index contributed by atoms with van der Waals surface area (Å²) in [6.07, 6.45) is 0.425. The molecular formula is C20H25ClN4O4. The number of hydrogen-bond donors (Lipinski definition) is 2. The fraction of sp³-hybridized carbons (Fsp3) is 0.450. The van der Waals surface area contributed by atoms with Crippen LogP contribution in [0.1, 0.15) is 24.6 Å². The molecule has 8 nitrogen and oxygen atoms in total. The molecule has 1 aromatic carbocycles. The van der Waals surface area contributed by atoms with E-state index in [2.05, 4.69) is 15.3 Å². The van der Waals surface area contributed by atoms with Crippen LogP contribution >= 0.6 is 11.6 Å². The zero-order valence-electron chi connectivity index (χ0n) is 16.6. The average molecular weight is 421 g/mol. The van der Waals surface area contributed by atoms with Gasteiger partial charge in [0.2, 0.25) is 11.9 Å². The topological polar surface area (TPSA) is 96.5 Å². The van der Waals surface area contributed by atoms with Crippen molar-refractivity contribution in [2.45, 2.75) is 26.7 Å². The first-order chi connectivity index (χ1) is 14.0. The number of aryl methyl sites for hydroxylation is 1. The van der Waals surface area contributed by atoms with Crippen molar-refractivity contribution in [1.29, 1.82) is 0 Å². The van der Waals surface area contributed by atoms with Gasteiger partial charge in [0.1, 0.15) is 0 Å². The van der Waals surface area contributed by atoms with Crippen molar-refractivity contribution < 1.29 is 14.3 Å². The summed E-state index contributed by atoms with van der Waals surface area (Å²) in [5.74, 6) is 0.754. The Morgan fingerprint density at radius 1 is 1.38 bits per heavy atom. The van der Waals surface area contributed by atoms with Crippen LogP contribution in [-0.2, 0) is 16.0 Å². The molecule has 29 heavy (non-hydrogen) atoms. The van der Waals surface area contributed by atoms with E-state index in [-0.39, 0.29) is 24.3 Å². The van der Waals surface area contributed by atoms with Crippen LogP contribution in [0.2, 0.25) is 5.02 Å². The highest BCUT2D eigenvalue weighted by molar-refractivity contribution is 6.32. The second kappa shape index (κ2) is 9.76. The lowest BCUT2D eigenvalue weighted by molar-refractivity contribution is -0.116. The molecule has 2 heterocycles. The monoisotopic (exact) mass is 420 g/mol. The van der Waals surface area contributed by atoms with E-state index in [0.29, 0.717) is 66.6 Å². The third-order valence-corrected chi connectivity index (χ3v) is 4.95. The van der Waals surface area contributed by atoms with Gasteiger partial charge in [0.25, 0.3) is 5.56 Å². The highest BCUT2D eigenvalue weighted by Crippen LogP contribution is 2.33. The molecule has 0 spiro atoms. The predicted molar refractivity (Wildman–Crippen MR) is 112 cm³/mol. The maximum atomic E-state index is 12.5. The van der Waals surface area contributed by atoms with E-state index in [1.54, 1.807) is 25.1 Å². The molecule has 0 atom stereocenters. The lowest BCUT2D eigenvalue weighted by Gasteiger charge is -2.27. The fourth-order valence-corrected chi connectivity index (χ4v) is 3.39. The molecule has 1 aromatic heterocycles. The number of carbonyl (C=O) groups excluding carboxylic acids is 1. The Hall–Kier alpha value is -2.58. The van der Waals surface area contributed by atoms with E-state index in [4.69, 9.17) is 21.1 Å². The SMILES string of the molecule is CCOc1c(Cl)cccc1NC(=O)CCc1c(C)nc(N2CCOCC2)[nH]c1=O. The molecule has 0 bridgehead atoms. The quantitative estimate of drug-likeness (QED) is 0.714. The third kappa shape index (κ3) is 5.27. The van der Waals surface area contributed by atoms with Crippen LogP contribution in [0.4, 0.5) is 11.6 Å². The normalized spacial score (nSPS) is 14.0. The largest absolute Gasteiger partial charge is 0.490 e. The number of benzene rings is 1. The van der Waals surface area contributed by atoms with Gasteiger partial charge in [-0.15, -0.1) is 0 Å². The third-order valence-electron chi connectivity index (χ3n) is 4.65. The number of ether oxygens (including phenoxy) is 2. The maximum Gasteiger partial charge on any atom is 0.255 e. The second-order valence-corrected chi connectivity index (χ2v) is 7.06. The van der Waals surface area contributed by atoms with Crippen molar-refractivity contribution in [3.63, 3.8) is 0 Å². The summed E-state index contributed by atoms with van der Waals surface area (Å²) in [4.78, 5) is 34.3. The minimum absolute atomic E-state index is 0.139. The number of anilines is 2. The fourth-order valence-electron chi connectivity index (χ4n) is 3.16. The summed E-state index contributed by atoms with van der Waals surface area (Å²) in [5.41, 5.74) is 1.43. The van der Waals surface area contributed by atoms with Crippen molar-refractivity contribution >= 4 is 29.1 Å². The van der Waals surface area contributed by atoms with Gasteiger partial charge in [0, 0.05) is 30.8 Å². The standard InChI is InChI=1S/C20H25ClN4O4/c1-3-29-18-15(21)5-4-6-16(18)23-17(26)8-7-14-13(2)22-20(24-19(14)27)25-9-11-28-12-10-25/h4-6H,3,7-12H2,1-2H3,(H,23,26)(H,22,24,27). The van der Waals surface area contributed by atoms with Gasteiger partial charge >= 0.3 is 0 Å². The van der Waals surface area contributed by atoms with Crippen molar-refractivity contribution in [3.8, 4) is 5.75 Å². The molecule has 2 aromatic rings. The molecule has 0 saturated carbocycles. The Labute approximate surface area is 174 Å². The van der Waals surface area contributed by atoms with Crippen LogP contribution in [0.15, 0.2) is 23.0 Å².